The molecule has 5 nitrogen and oxygen atoms in total. The Hall–Kier alpha value is -1.41. The summed E-state index contributed by atoms with van der Waals surface area (Å²) in [4.78, 5) is 12.9. The summed E-state index contributed by atoms with van der Waals surface area (Å²) in [7, 11) is -3.65. The number of nitrogens with one attached hydrogen (secondary N) is 1. The zero-order valence-electron chi connectivity index (χ0n) is 15.2. The van der Waals surface area contributed by atoms with Gasteiger partial charge in [-0.2, -0.15) is 0 Å². The number of unbranched alkanes of at least 4 members (excludes halogenated alkanes) is 1. The molecule has 0 bridgehead atoms. The molecular weight excluding hydrogens is 406 g/mol. The van der Waals surface area contributed by atoms with Gasteiger partial charge in [0.25, 0.3) is 0 Å². The van der Waals surface area contributed by atoms with Gasteiger partial charge in [-0.25, -0.2) is 13.1 Å². The summed E-state index contributed by atoms with van der Waals surface area (Å²) in [6.07, 6.45) is 3.97. The van der Waals surface area contributed by atoms with Crippen LogP contribution in [-0.2, 0) is 21.2 Å². The molecule has 0 saturated heterocycles. The molecular formula is C19H24ClNO4S2. The molecule has 1 aromatic heterocycles. The average Bonchev–Trinajstić information content (AvgIpc) is 3.07. The fourth-order valence-corrected chi connectivity index (χ4v) is 5.26. The molecule has 1 heterocycles. The molecule has 8 heteroatoms. The largest absolute Gasteiger partial charge is 0.481 e. The van der Waals surface area contributed by atoms with E-state index in [1.54, 1.807) is 23.5 Å². The van der Waals surface area contributed by atoms with Gasteiger partial charge in [0.2, 0.25) is 10.0 Å². The van der Waals surface area contributed by atoms with Crippen molar-refractivity contribution >= 4 is 38.9 Å². The van der Waals surface area contributed by atoms with Crippen LogP contribution >= 0.6 is 22.9 Å². The van der Waals surface area contributed by atoms with Crippen LogP contribution in [0.5, 0.6) is 0 Å². The number of rotatable bonds is 11. The average molecular weight is 430 g/mol. The van der Waals surface area contributed by atoms with Crippen molar-refractivity contribution in [2.45, 2.75) is 56.4 Å². The van der Waals surface area contributed by atoms with Gasteiger partial charge in [0.15, 0.2) is 0 Å². The van der Waals surface area contributed by atoms with Gasteiger partial charge in [-0.15, -0.1) is 11.3 Å². The zero-order valence-corrected chi connectivity index (χ0v) is 17.5. The van der Waals surface area contributed by atoms with Gasteiger partial charge >= 0.3 is 5.97 Å². The molecule has 0 saturated carbocycles. The molecule has 2 rings (SSSR count). The monoisotopic (exact) mass is 429 g/mol. The van der Waals surface area contributed by atoms with Crippen molar-refractivity contribution in [1.29, 1.82) is 0 Å². The van der Waals surface area contributed by atoms with Crippen LogP contribution in [0.1, 0.15) is 54.8 Å². The Labute approximate surface area is 169 Å². The van der Waals surface area contributed by atoms with Gasteiger partial charge in [-0.1, -0.05) is 31.4 Å². The normalized spacial score (nSPS) is 12.8. The molecule has 0 spiro atoms. The lowest BCUT2D eigenvalue weighted by Crippen LogP contribution is -2.28. The Morgan fingerprint density at radius 2 is 1.89 bits per heavy atom. The lowest BCUT2D eigenvalue weighted by Gasteiger charge is -2.17. The van der Waals surface area contributed by atoms with Crippen LogP contribution in [0.25, 0.3) is 0 Å². The SMILES string of the molecule is CCCCC(NS(=O)(=O)c1ccc(Cl)cc1)c1ccc(CCCC(=O)O)s1. The minimum atomic E-state index is -3.65. The number of hydrogen-bond acceptors (Lipinski definition) is 4. The highest BCUT2D eigenvalue weighted by Gasteiger charge is 2.22. The van der Waals surface area contributed by atoms with Crippen LogP contribution in [0.2, 0.25) is 5.02 Å². The lowest BCUT2D eigenvalue weighted by atomic mass is 10.1. The summed E-state index contributed by atoms with van der Waals surface area (Å²) in [5.41, 5.74) is 0. The fourth-order valence-electron chi connectivity index (χ4n) is 2.67. The Kier molecular flexibility index (Phi) is 8.28. The zero-order chi connectivity index (χ0) is 19.9. The number of carboxylic acid groups (broad SMARTS) is 1. The predicted molar refractivity (Wildman–Crippen MR) is 109 cm³/mol. The maximum absolute atomic E-state index is 12.7. The summed E-state index contributed by atoms with van der Waals surface area (Å²) >= 11 is 7.39. The van der Waals surface area contributed by atoms with Crippen molar-refractivity contribution in [2.24, 2.45) is 0 Å². The predicted octanol–water partition coefficient (Wildman–Crippen LogP) is 5.02. The van der Waals surface area contributed by atoms with Crippen molar-refractivity contribution in [3.8, 4) is 0 Å². The van der Waals surface area contributed by atoms with Crippen LogP contribution in [0.15, 0.2) is 41.3 Å². The number of aliphatic carboxylic acids is 1. The number of thiophene rings is 1. The Balaban J connectivity index is 2.13. The van der Waals surface area contributed by atoms with E-state index < -0.39 is 16.0 Å². The highest BCUT2D eigenvalue weighted by molar-refractivity contribution is 7.89. The molecule has 2 aromatic rings. The van der Waals surface area contributed by atoms with Gasteiger partial charge in [-0.3, -0.25) is 4.79 Å². The Morgan fingerprint density at radius 3 is 2.52 bits per heavy atom. The van der Waals surface area contributed by atoms with Crippen LogP contribution < -0.4 is 4.72 Å². The summed E-state index contributed by atoms with van der Waals surface area (Å²) in [5.74, 6) is -0.802. The van der Waals surface area contributed by atoms with Crippen LogP contribution in [0.4, 0.5) is 0 Å². The molecule has 0 radical (unpaired) electrons. The number of benzene rings is 1. The molecule has 0 aliphatic heterocycles. The highest BCUT2D eigenvalue weighted by Crippen LogP contribution is 2.29. The third-order valence-electron chi connectivity index (χ3n) is 4.11. The van der Waals surface area contributed by atoms with E-state index in [0.29, 0.717) is 24.3 Å². The number of aryl methyl sites for hydroxylation is 1. The second-order valence-corrected chi connectivity index (χ2v) is 9.67. The van der Waals surface area contributed by atoms with Crippen molar-refractivity contribution in [1.82, 2.24) is 4.72 Å². The molecule has 0 aliphatic carbocycles. The molecule has 27 heavy (non-hydrogen) atoms. The van der Waals surface area contributed by atoms with E-state index in [0.717, 1.165) is 22.6 Å². The Bertz CT molecular complexity index is 847. The van der Waals surface area contributed by atoms with Crippen molar-refractivity contribution in [3.05, 3.63) is 51.2 Å². The Morgan fingerprint density at radius 1 is 1.19 bits per heavy atom. The van der Waals surface area contributed by atoms with E-state index in [-0.39, 0.29) is 17.4 Å². The first-order valence-electron chi connectivity index (χ1n) is 8.90. The molecule has 1 aromatic carbocycles. The number of carboxylic acids is 1. The molecule has 0 aliphatic rings. The van der Waals surface area contributed by atoms with Crippen molar-refractivity contribution in [2.75, 3.05) is 0 Å². The summed E-state index contributed by atoms with van der Waals surface area (Å²) in [6.45, 7) is 2.07. The maximum atomic E-state index is 12.7. The van der Waals surface area contributed by atoms with Gasteiger partial charge in [0.05, 0.1) is 10.9 Å². The van der Waals surface area contributed by atoms with Gasteiger partial charge in [0.1, 0.15) is 0 Å². The van der Waals surface area contributed by atoms with E-state index in [4.69, 9.17) is 16.7 Å². The minimum Gasteiger partial charge on any atom is -0.481 e. The van der Waals surface area contributed by atoms with Gasteiger partial charge in [0, 0.05) is 21.2 Å². The third-order valence-corrected chi connectivity index (χ3v) is 7.11. The smallest absolute Gasteiger partial charge is 0.303 e. The summed E-state index contributed by atoms with van der Waals surface area (Å²) in [6, 6.07) is 9.69. The van der Waals surface area contributed by atoms with E-state index in [2.05, 4.69) is 11.6 Å². The maximum Gasteiger partial charge on any atom is 0.303 e. The first-order valence-corrected chi connectivity index (χ1v) is 11.6. The molecule has 2 N–H and O–H groups in total. The number of sulfonamides is 1. The quantitative estimate of drug-likeness (QED) is 0.525. The third kappa shape index (κ3) is 6.92. The van der Waals surface area contributed by atoms with Crippen LogP contribution in [0, 0.1) is 0 Å². The number of halogens is 1. The second kappa shape index (κ2) is 10.2. The summed E-state index contributed by atoms with van der Waals surface area (Å²) < 4.78 is 28.3. The van der Waals surface area contributed by atoms with E-state index in [1.165, 1.54) is 12.1 Å². The highest BCUT2D eigenvalue weighted by atomic mass is 35.5. The molecule has 1 unspecified atom stereocenters. The van der Waals surface area contributed by atoms with Gasteiger partial charge < -0.3 is 5.11 Å². The van der Waals surface area contributed by atoms with Gasteiger partial charge in [-0.05, 0) is 55.7 Å². The molecule has 0 amide bonds. The lowest BCUT2D eigenvalue weighted by molar-refractivity contribution is -0.137. The van der Waals surface area contributed by atoms with Crippen molar-refractivity contribution in [3.63, 3.8) is 0 Å². The first kappa shape index (κ1) is 21.9. The van der Waals surface area contributed by atoms with Crippen LogP contribution in [-0.4, -0.2) is 19.5 Å². The van der Waals surface area contributed by atoms with E-state index in [1.807, 2.05) is 12.1 Å². The van der Waals surface area contributed by atoms with Crippen molar-refractivity contribution < 1.29 is 18.3 Å². The van der Waals surface area contributed by atoms with E-state index >= 15 is 0 Å². The minimum absolute atomic E-state index is 0.135. The molecule has 148 valence electrons. The topological polar surface area (TPSA) is 83.5 Å². The number of carbonyl (C=O) groups is 1. The molecule has 1 atom stereocenters. The number of hydrogen-bond donors (Lipinski definition) is 2. The fraction of sp³-hybridized carbons (Fsp3) is 0.421. The van der Waals surface area contributed by atoms with E-state index in [9.17, 15) is 13.2 Å². The summed E-state index contributed by atoms with van der Waals surface area (Å²) in [5, 5.41) is 9.24. The molecule has 0 fully saturated rings. The standard InChI is InChI=1S/C19H24ClNO4S2/c1-2-3-6-17(18-13-10-15(26-18)5-4-7-19(22)23)21-27(24,25)16-11-8-14(20)9-12-16/h8-13,17,21H,2-7H2,1H3,(H,22,23). The van der Waals surface area contributed by atoms with Crippen LogP contribution in [0.3, 0.4) is 0 Å². The second-order valence-electron chi connectivity index (χ2n) is 6.32. The first-order chi connectivity index (χ1) is 12.8.